The highest BCUT2D eigenvalue weighted by molar-refractivity contribution is 7.80. The van der Waals surface area contributed by atoms with Gasteiger partial charge >= 0.3 is 0 Å². The van der Waals surface area contributed by atoms with Crippen molar-refractivity contribution in [3.05, 3.63) is 62.3 Å². The zero-order valence-electron chi connectivity index (χ0n) is 10.5. The standard InChI is InChI=1S/C14H9Cl3FNOS/c15-8-4-10(16)13(11(17)5-8)20-6-7-1-2-12(18)9(3-7)14(19)21/h1-5H,6H2,(H2,19,21). The Labute approximate surface area is 141 Å². The minimum Gasteiger partial charge on any atom is -0.486 e. The molecule has 0 atom stereocenters. The second kappa shape index (κ2) is 6.79. The highest BCUT2D eigenvalue weighted by atomic mass is 35.5. The van der Waals surface area contributed by atoms with E-state index in [9.17, 15) is 4.39 Å². The molecule has 0 amide bonds. The zero-order valence-corrected chi connectivity index (χ0v) is 13.6. The molecule has 110 valence electrons. The Morgan fingerprint density at radius 2 is 1.76 bits per heavy atom. The summed E-state index contributed by atoms with van der Waals surface area (Å²) in [6, 6.07) is 7.41. The second-order valence-corrected chi connectivity index (χ2v) is 5.86. The quantitative estimate of drug-likeness (QED) is 0.775. The van der Waals surface area contributed by atoms with Crippen LogP contribution in [0.1, 0.15) is 11.1 Å². The van der Waals surface area contributed by atoms with Crippen molar-refractivity contribution in [2.75, 3.05) is 0 Å². The van der Waals surface area contributed by atoms with Crippen LogP contribution in [-0.2, 0) is 6.61 Å². The van der Waals surface area contributed by atoms with Crippen LogP contribution in [0, 0.1) is 5.82 Å². The predicted octanol–water partition coefficient (Wildman–Crippen LogP) is 5.00. The topological polar surface area (TPSA) is 35.2 Å². The first-order chi connectivity index (χ1) is 9.88. The lowest BCUT2D eigenvalue weighted by Crippen LogP contribution is -2.12. The Morgan fingerprint density at radius 3 is 2.33 bits per heavy atom. The molecule has 2 N–H and O–H groups in total. The maximum Gasteiger partial charge on any atom is 0.157 e. The molecule has 0 aliphatic rings. The van der Waals surface area contributed by atoms with E-state index in [0.717, 1.165) is 0 Å². The molecular weight excluding hydrogens is 356 g/mol. The Hall–Kier alpha value is -1.07. The number of thiocarbonyl (C=S) groups is 1. The van der Waals surface area contributed by atoms with E-state index in [-0.39, 0.29) is 17.2 Å². The van der Waals surface area contributed by atoms with Crippen molar-refractivity contribution < 1.29 is 9.13 Å². The van der Waals surface area contributed by atoms with Crippen LogP contribution in [0.4, 0.5) is 4.39 Å². The molecule has 0 fully saturated rings. The second-order valence-electron chi connectivity index (χ2n) is 4.17. The van der Waals surface area contributed by atoms with E-state index in [1.54, 1.807) is 6.07 Å². The smallest absolute Gasteiger partial charge is 0.157 e. The number of ether oxygens (including phenoxy) is 1. The van der Waals surface area contributed by atoms with Crippen LogP contribution in [-0.4, -0.2) is 4.99 Å². The fourth-order valence-corrected chi connectivity index (χ4v) is 2.76. The maximum atomic E-state index is 13.5. The van der Waals surface area contributed by atoms with Gasteiger partial charge in [-0.3, -0.25) is 0 Å². The molecule has 21 heavy (non-hydrogen) atoms. The molecule has 7 heteroatoms. The van der Waals surface area contributed by atoms with Crippen molar-refractivity contribution in [1.82, 2.24) is 0 Å². The Bertz CT molecular complexity index is 686. The van der Waals surface area contributed by atoms with Gasteiger partial charge in [0.25, 0.3) is 0 Å². The summed E-state index contributed by atoms with van der Waals surface area (Å²) in [7, 11) is 0. The lowest BCUT2D eigenvalue weighted by Gasteiger charge is -2.11. The van der Waals surface area contributed by atoms with Crippen LogP contribution in [0.5, 0.6) is 5.75 Å². The largest absolute Gasteiger partial charge is 0.486 e. The summed E-state index contributed by atoms with van der Waals surface area (Å²) in [6.45, 7) is 0.136. The van der Waals surface area contributed by atoms with Gasteiger partial charge in [0.1, 0.15) is 17.4 Å². The number of rotatable bonds is 4. The van der Waals surface area contributed by atoms with Crippen LogP contribution in [0.3, 0.4) is 0 Å². The van der Waals surface area contributed by atoms with Crippen LogP contribution in [0.2, 0.25) is 15.1 Å². The van der Waals surface area contributed by atoms with Crippen LogP contribution >= 0.6 is 47.0 Å². The normalized spacial score (nSPS) is 10.5. The molecule has 0 bridgehead atoms. The number of hydrogen-bond acceptors (Lipinski definition) is 2. The third-order valence-corrected chi connectivity index (χ3v) is 3.64. The van der Waals surface area contributed by atoms with Crippen molar-refractivity contribution in [2.24, 2.45) is 5.73 Å². The third kappa shape index (κ3) is 3.98. The molecule has 0 aliphatic carbocycles. The molecule has 0 aromatic heterocycles. The summed E-state index contributed by atoms with van der Waals surface area (Å²) in [4.78, 5) is -0.0168. The fraction of sp³-hybridized carbons (Fsp3) is 0.0714. The highest BCUT2D eigenvalue weighted by Crippen LogP contribution is 2.36. The molecule has 0 heterocycles. The molecule has 0 aliphatic heterocycles. The van der Waals surface area contributed by atoms with E-state index in [2.05, 4.69) is 0 Å². The lowest BCUT2D eigenvalue weighted by atomic mass is 10.1. The van der Waals surface area contributed by atoms with Crippen LogP contribution in [0.15, 0.2) is 30.3 Å². The molecule has 0 radical (unpaired) electrons. The van der Waals surface area contributed by atoms with E-state index in [1.807, 2.05) is 0 Å². The van der Waals surface area contributed by atoms with Gasteiger partial charge in [0, 0.05) is 10.6 Å². The third-order valence-electron chi connectivity index (χ3n) is 2.64. The van der Waals surface area contributed by atoms with Gasteiger partial charge in [0.2, 0.25) is 0 Å². The average molecular weight is 365 g/mol. The lowest BCUT2D eigenvalue weighted by molar-refractivity contribution is 0.306. The van der Waals surface area contributed by atoms with E-state index >= 15 is 0 Å². The van der Waals surface area contributed by atoms with Gasteiger partial charge in [0.05, 0.1) is 10.0 Å². The van der Waals surface area contributed by atoms with E-state index in [4.69, 9.17) is 57.5 Å². The summed E-state index contributed by atoms with van der Waals surface area (Å²) in [5, 5.41) is 1.00. The van der Waals surface area contributed by atoms with Gasteiger partial charge in [-0.25, -0.2) is 4.39 Å². The first-order valence-electron chi connectivity index (χ1n) is 5.74. The maximum absolute atomic E-state index is 13.5. The minimum absolute atomic E-state index is 0.0168. The molecule has 0 saturated carbocycles. The van der Waals surface area contributed by atoms with E-state index in [0.29, 0.717) is 26.4 Å². The van der Waals surface area contributed by atoms with Gasteiger partial charge in [-0.1, -0.05) is 53.1 Å². The first-order valence-corrected chi connectivity index (χ1v) is 7.28. The molecule has 2 nitrogen and oxygen atoms in total. The summed E-state index contributed by atoms with van der Waals surface area (Å²) < 4.78 is 19.0. The van der Waals surface area contributed by atoms with Crippen molar-refractivity contribution in [3.63, 3.8) is 0 Å². The molecule has 2 rings (SSSR count). The van der Waals surface area contributed by atoms with E-state index < -0.39 is 5.82 Å². The van der Waals surface area contributed by atoms with Gasteiger partial charge in [-0.05, 0) is 29.8 Å². The summed E-state index contributed by atoms with van der Waals surface area (Å²) >= 11 is 22.6. The first kappa shape index (κ1) is 16.3. The Kier molecular flexibility index (Phi) is 5.27. The molecule has 0 spiro atoms. The number of benzene rings is 2. The molecule has 2 aromatic carbocycles. The SMILES string of the molecule is NC(=S)c1cc(COc2c(Cl)cc(Cl)cc2Cl)ccc1F. The number of nitrogens with two attached hydrogens (primary N) is 1. The van der Waals surface area contributed by atoms with Crippen molar-refractivity contribution >= 4 is 52.0 Å². The zero-order chi connectivity index (χ0) is 15.6. The Morgan fingerprint density at radius 1 is 1.14 bits per heavy atom. The minimum atomic E-state index is -0.478. The van der Waals surface area contributed by atoms with Gasteiger partial charge < -0.3 is 10.5 Å². The van der Waals surface area contributed by atoms with Crippen molar-refractivity contribution in [2.45, 2.75) is 6.61 Å². The van der Waals surface area contributed by atoms with E-state index in [1.165, 1.54) is 24.3 Å². The predicted molar refractivity (Wildman–Crippen MR) is 88.1 cm³/mol. The molecular formula is C14H9Cl3FNOS. The van der Waals surface area contributed by atoms with Crippen LogP contribution < -0.4 is 10.5 Å². The molecule has 2 aromatic rings. The summed E-state index contributed by atoms with van der Waals surface area (Å²) in [5.41, 5.74) is 6.30. The van der Waals surface area contributed by atoms with Gasteiger partial charge in [0.15, 0.2) is 5.75 Å². The number of halogens is 4. The summed E-state index contributed by atoms with van der Waals surface area (Å²) in [5.74, 6) is -0.169. The fourth-order valence-electron chi connectivity index (χ4n) is 1.67. The van der Waals surface area contributed by atoms with Gasteiger partial charge in [-0.2, -0.15) is 0 Å². The molecule has 0 saturated heterocycles. The monoisotopic (exact) mass is 363 g/mol. The number of hydrogen-bond donors (Lipinski definition) is 1. The van der Waals surface area contributed by atoms with Crippen LogP contribution in [0.25, 0.3) is 0 Å². The van der Waals surface area contributed by atoms with Gasteiger partial charge in [-0.15, -0.1) is 0 Å². The average Bonchev–Trinajstić information content (AvgIpc) is 2.38. The Balaban J connectivity index is 2.21. The van der Waals surface area contributed by atoms with Crippen molar-refractivity contribution in [3.8, 4) is 5.75 Å². The van der Waals surface area contributed by atoms with Crippen molar-refractivity contribution in [1.29, 1.82) is 0 Å². The highest BCUT2D eigenvalue weighted by Gasteiger charge is 2.11. The molecule has 0 unspecified atom stereocenters. The summed E-state index contributed by atoms with van der Waals surface area (Å²) in [6.07, 6.45) is 0.